The van der Waals surface area contributed by atoms with E-state index in [1.54, 1.807) is 4.90 Å². The molecule has 0 aliphatic heterocycles. The second kappa shape index (κ2) is 9.72. The van der Waals surface area contributed by atoms with Crippen LogP contribution >= 0.6 is 0 Å². The number of hydrogen-bond donors (Lipinski definition) is 0. The first-order valence-corrected chi connectivity index (χ1v) is 8.80. The number of carbonyl (C=O) groups is 1. The molecule has 0 spiro atoms. The lowest BCUT2D eigenvalue weighted by Crippen LogP contribution is -2.26. The Kier molecular flexibility index (Phi) is 7.33. The molecule has 0 saturated heterocycles. The number of aryl methyl sites for hydroxylation is 1. The van der Waals surface area contributed by atoms with Crippen molar-refractivity contribution in [2.45, 2.75) is 33.2 Å². The standard InChI is InChI=1S/C21H27NO3/c1-4-24-19-13-10-17(11-14-19)16-22(3)21(23)15-12-18-8-6-7-9-20(18)25-5-2/h6-11,13-14H,4-5,12,15-16H2,1-3H3. The highest BCUT2D eigenvalue weighted by Crippen LogP contribution is 2.20. The SMILES string of the molecule is CCOc1ccc(CN(C)C(=O)CCc2ccccc2OCC)cc1. The summed E-state index contributed by atoms with van der Waals surface area (Å²) < 4.78 is 11.1. The van der Waals surface area contributed by atoms with E-state index in [1.165, 1.54) is 0 Å². The van der Waals surface area contributed by atoms with E-state index < -0.39 is 0 Å². The van der Waals surface area contributed by atoms with Crippen LogP contribution in [-0.4, -0.2) is 31.1 Å². The summed E-state index contributed by atoms with van der Waals surface area (Å²) in [6.07, 6.45) is 1.15. The fourth-order valence-corrected chi connectivity index (χ4v) is 2.66. The zero-order chi connectivity index (χ0) is 18.1. The number of benzene rings is 2. The Balaban J connectivity index is 1.88. The molecule has 4 heteroatoms. The van der Waals surface area contributed by atoms with Gasteiger partial charge in [-0.2, -0.15) is 0 Å². The van der Waals surface area contributed by atoms with E-state index in [-0.39, 0.29) is 5.91 Å². The highest BCUT2D eigenvalue weighted by molar-refractivity contribution is 5.76. The number of carbonyl (C=O) groups excluding carboxylic acids is 1. The lowest BCUT2D eigenvalue weighted by Gasteiger charge is -2.18. The van der Waals surface area contributed by atoms with Crippen LogP contribution < -0.4 is 9.47 Å². The van der Waals surface area contributed by atoms with Crippen molar-refractivity contribution < 1.29 is 14.3 Å². The Bertz CT molecular complexity index is 667. The zero-order valence-electron chi connectivity index (χ0n) is 15.3. The summed E-state index contributed by atoms with van der Waals surface area (Å²) in [5.41, 5.74) is 2.17. The Labute approximate surface area is 150 Å². The van der Waals surface area contributed by atoms with Gasteiger partial charge in [-0.25, -0.2) is 0 Å². The number of para-hydroxylation sites is 1. The number of hydrogen-bond acceptors (Lipinski definition) is 3. The fraction of sp³-hybridized carbons (Fsp3) is 0.381. The van der Waals surface area contributed by atoms with Gasteiger partial charge in [0.15, 0.2) is 0 Å². The van der Waals surface area contributed by atoms with Gasteiger partial charge in [0.05, 0.1) is 13.2 Å². The van der Waals surface area contributed by atoms with Gasteiger partial charge in [0.2, 0.25) is 5.91 Å². The monoisotopic (exact) mass is 341 g/mol. The lowest BCUT2D eigenvalue weighted by atomic mass is 10.1. The first-order valence-electron chi connectivity index (χ1n) is 8.80. The summed E-state index contributed by atoms with van der Waals surface area (Å²) in [6.45, 7) is 5.80. The molecule has 0 bridgehead atoms. The summed E-state index contributed by atoms with van der Waals surface area (Å²) in [5, 5.41) is 0. The molecule has 0 aliphatic carbocycles. The molecule has 4 nitrogen and oxygen atoms in total. The molecule has 2 aromatic carbocycles. The van der Waals surface area contributed by atoms with Gasteiger partial charge in [0.25, 0.3) is 0 Å². The van der Waals surface area contributed by atoms with Crippen molar-refractivity contribution in [1.29, 1.82) is 0 Å². The van der Waals surface area contributed by atoms with Gasteiger partial charge in [-0.1, -0.05) is 30.3 Å². The van der Waals surface area contributed by atoms with E-state index in [0.29, 0.717) is 32.6 Å². The molecule has 0 aromatic heterocycles. The third kappa shape index (κ3) is 5.82. The smallest absolute Gasteiger partial charge is 0.222 e. The molecule has 0 unspecified atom stereocenters. The fourth-order valence-electron chi connectivity index (χ4n) is 2.66. The van der Waals surface area contributed by atoms with E-state index in [2.05, 4.69) is 0 Å². The first kappa shape index (κ1) is 18.8. The summed E-state index contributed by atoms with van der Waals surface area (Å²) >= 11 is 0. The van der Waals surface area contributed by atoms with Gasteiger partial charge in [0.1, 0.15) is 11.5 Å². The summed E-state index contributed by atoms with van der Waals surface area (Å²) in [4.78, 5) is 14.2. The van der Waals surface area contributed by atoms with Crippen LogP contribution in [0.5, 0.6) is 11.5 Å². The van der Waals surface area contributed by atoms with Crippen molar-refractivity contribution in [3.05, 3.63) is 59.7 Å². The van der Waals surface area contributed by atoms with Crippen LogP contribution in [0.3, 0.4) is 0 Å². The predicted octanol–water partition coefficient (Wildman–Crippen LogP) is 4.08. The minimum atomic E-state index is 0.125. The van der Waals surface area contributed by atoms with E-state index in [0.717, 1.165) is 22.6 Å². The van der Waals surface area contributed by atoms with Crippen LogP contribution in [0.15, 0.2) is 48.5 Å². The minimum absolute atomic E-state index is 0.125. The molecule has 1 amide bonds. The summed E-state index contributed by atoms with van der Waals surface area (Å²) in [7, 11) is 1.84. The topological polar surface area (TPSA) is 38.8 Å². The number of rotatable bonds is 9. The van der Waals surface area contributed by atoms with Gasteiger partial charge in [-0.15, -0.1) is 0 Å². The van der Waals surface area contributed by atoms with Gasteiger partial charge >= 0.3 is 0 Å². The van der Waals surface area contributed by atoms with Gasteiger partial charge in [0, 0.05) is 20.0 Å². The van der Waals surface area contributed by atoms with Gasteiger partial charge in [-0.3, -0.25) is 4.79 Å². The molecule has 2 aromatic rings. The van der Waals surface area contributed by atoms with Crippen molar-refractivity contribution in [3.63, 3.8) is 0 Å². The Morgan fingerprint density at radius 3 is 2.32 bits per heavy atom. The first-order chi connectivity index (χ1) is 12.1. The lowest BCUT2D eigenvalue weighted by molar-refractivity contribution is -0.130. The largest absolute Gasteiger partial charge is 0.494 e. The molecule has 0 atom stereocenters. The van der Waals surface area contributed by atoms with Crippen LogP contribution in [0.1, 0.15) is 31.4 Å². The number of nitrogens with zero attached hydrogens (tertiary/aromatic N) is 1. The third-order valence-corrected chi connectivity index (χ3v) is 3.96. The van der Waals surface area contributed by atoms with Crippen molar-refractivity contribution in [3.8, 4) is 11.5 Å². The molecule has 0 heterocycles. The van der Waals surface area contributed by atoms with Crippen molar-refractivity contribution in [2.24, 2.45) is 0 Å². The Morgan fingerprint density at radius 2 is 1.64 bits per heavy atom. The van der Waals surface area contributed by atoms with Gasteiger partial charge in [-0.05, 0) is 49.6 Å². The average molecular weight is 341 g/mol. The van der Waals surface area contributed by atoms with Crippen LogP contribution in [0.2, 0.25) is 0 Å². The van der Waals surface area contributed by atoms with Crippen LogP contribution in [0.25, 0.3) is 0 Å². The van der Waals surface area contributed by atoms with Crippen LogP contribution in [-0.2, 0) is 17.8 Å². The molecule has 0 N–H and O–H groups in total. The van der Waals surface area contributed by atoms with E-state index in [9.17, 15) is 4.79 Å². The number of ether oxygens (including phenoxy) is 2. The van der Waals surface area contributed by atoms with Crippen LogP contribution in [0, 0.1) is 0 Å². The van der Waals surface area contributed by atoms with Crippen molar-refractivity contribution >= 4 is 5.91 Å². The molecule has 0 aliphatic rings. The van der Waals surface area contributed by atoms with E-state index in [1.807, 2.05) is 69.4 Å². The molecular formula is C21H27NO3. The maximum atomic E-state index is 12.4. The average Bonchev–Trinajstić information content (AvgIpc) is 2.63. The third-order valence-electron chi connectivity index (χ3n) is 3.96. The van der Waals surface area contributed by atoms with Crippen LogP contribution in [0.4, 0.5) is 0 Å². The highest BCUT2D eigenvalue weighted by atomic mass is 16.5. The second-order valence-corrected chi connectivity index (χ2v) is 5.87. The molecular weight excluding hydrogens is 314 g/mol. The zero-order valence-corrected chi connectivity index (χ0v) is 15.3. The summed E-state index contributed by atoms with van der Waals surface area (Å²) in [6, 6.07) is 15.8. The highest BCUT2D eigenvalue weighted by Gasteiger charge is 2.11. The Morgan fingerprint density at radius 1 is 0.960 bits per heavy atom. The minimum Gasteiger partial charge on any atom is -0.494 e. The van der Waals surface area contributed by atoms with E-state index in [4.69, 9.17) is 9.47 Å². The van der Waals surface area contributed by atoms with E-state index >= 15 is 0 Å². The van der Waals surface area contributed by atoms with Crippen molar-refractivity contribution in [2.75, 3.05) is 20.3 Å². The molecule has 25 heavy (non-hydrogen) atoms. The molecule has 134 valence electrons. The maximum Gasteiger partial charge on any atom is 0.222 e. The normalized spacial score (nSPS) is 10.4. The maximum absolute atomic E-state index is 12.4. The number of amides is 1. The quantitative estimate of drug-likeness (QED) is 0.690. The van der Waals surface area contributed by atoms with Crippen molar-refractivity contribution in [1.82, 2.24) is 4.90 Å². The van der Waals surface area contributed by atoms with Gasteiger partial charge < -0.3 is 14.4 Å². The Hall–Kier alpha value is -2.49. The molecule has 2 rings (SSSR count). The summed E-state index contributed by atoms with van der Waals surface area (Å²) in [5.74, 6) is 1.85. The molecule has 0 saturated carbocycles. The molecule has 0 fully saturated rings. The second-order valence-electron chi connectivity index (χ2n) is 5.87. The molecule has 0 radical (unpaired) electrons. The predicted molar refractivity (Wildman–Crippen MR) is 100 cm³/mol.